The van der Waals surface area contributed by atoms with Crippen molar-refractivity contribution in [2.75, 3.05) is 0 Å². The first-order chi connectivity index (χ1) is 6.59. The molecule has 0 aliphatic heterocycles. The van der Waals surface area contributed by atoms with Gasteiger partial charge in [0.1, 0.15) is 5.78 Å². The van der Waals surface area contributed by atoms with Crippen molar-refractivity contribution >= 4 is 28.9 Å². The number of aliphatic carboxylic acids is 1. The molecule has 1 aromatic rings. The smallest absolute Gasteiger partial charge is 0.372 e. The minimum atomic E-state index is -1.55. The molecule has 0 aromatic carbocycles. The third kappa shape index (κ3) is 3.10. The number of hydrogen-bond donors (Lipinski definition) is 1. The van der Waals surface area contributed by atoms with Crippen LogP contribution in [0.15, 0.2) is 17.5 Å². The van der Waals surface area contributed by atoms with Gasteiger partial charge in [0.05, 0.1) is 6.42 Å². The minimum absolute atomic E-state index is 0.136. The van der Waals surface area contributed by atoms with Crippen molar-refractivity contribution in [3.63, 3.8) is 0 Å². The van der Waals surface area contributed by atoms with Gasteiger partial charge in [-0.05, 0) is 11.4 Å². The normalized spacial score (nSPS) is 9.71. The van der Waals surface area contributed by atoms with E-state index in [4.69, 9.17) is 5.11 Å². The van der Waals surface area contributed by atoms with Gasteiger partial charge >= 0.3 is 5.97 Å². The molecular formula is C9H8O4S. The Labute approximate surface area is 84.2 Å². The largest absolute Gasteiger partial charge is 0.475 e. The fourth-order valence-electron chi connectivity index (χ4n) is 0.925. The Morgan fingerprint density at radius 1 is 1.36 bits per heavy atom. The van der Waals surface area contributed by atoms with Crippen LogP contribution in [0.1, 0.15) is 11.3 Å². The number of hydrogen-bond acceptors (Lipinski definition) is 4. The third-order valence-electron chi connectivity index (χ3n) is 1.55. The van der Waals surface area contributed by atoms with E-state index in [-0.39, 0.29) is 12.2 Å². The van der Waals surface area contributed by atoms with Crippen molar-refractivity contribution in [2.24, 2.45) is 0 Å². The number of carboxylic acid groups (broad SMARTS) is 1. The van der Waals surface area contributed by atoms with Crippen LogP contribution < -0.4 is 0 Å². The molecule has 1 heterocycles. The first kappa shape index (κ1) is 10.6. The number of carbonyl (C=O) groups is 3. The van der Waals surface area contributed by atoms with Crippen LogP contribution in [-0.2, 0) is 20.8 Å². The molecule has 0 radical (unpaired) electrons. The Morgan fingerprint density at radius 2 is 2.07 bits per heavy atom. The summed E-state index contributed by atoms with van der Waals surface area (Å²) in [6.45, 7) is 0. The van der Waals surface area contributed by atoms with Crippen LogP contribution in [-0.4, -0.2) is 22.6 Å². The molecule has 0 amide bonds. The Balaban J connectivity index is 2.44. The monoisotopic (exact) mass is 212 g/mol. The second-order valence-electron chi connectivity index (χ2n) is 2.70. The number of carboxylic acids is 1. The minimum Gasteiger partial charge on any atom is -0.475 e. The molecule has 74 valence electrons. The van der Waals surface area contributed by atoms with Crippen LogP contribution in [0.4, 0.5) is 0 Å². The lowest BCUT2D eigenvalue weighted by Gasteiger charge is -1.94. The molecule has 0 spiro atoms. The predicted molar refractivity (Wildman–Crippen MR) is 50.3 cm³/mol. The summed E-state index contributed by atoms with van der Waals surface area (Å²) in [5.74, 6) is -2.96. The van der Waals surface area contributed by atoms with E-state index < -0.39 is 18.2 Å². The Morgan fingerprint density at radius 3 is 2.57 bits per heavy atom. The zero-order valence-corrected chi connectivity index (χ0v) is 8.04. The van der Waals surface area contributed by atoms with Gasteiger partial charge in [0.2, 0.25) is 5.78 Å². The summed E-state index contributed by atoms with van der Waals surface area (Å²) in [6, 6.07) is 3.57. The fourth-order valence-corrected chi connectivity index (χ4v) is 1.66. The van der Waals surface area contributed by atoms with Gasteiger partial charge in [0, 0.05) is 11.3 Å². The Kier molecular flexibility index (Phi) is 3.53. The molecule has 0 bridgehead atoms. The first-order valence-electron chi connectivity index (χ1n) is 3.90. The highest BCUT2D eigenvalue weighted by atomic mass is 32.1. The molecule has 5 heteroatoms. The van der Waals surface area contributed by atoms with Crippen molar-refractivity contribution in [3.8, 4) is 0 Å². The van der Waals surface area contributed by atoms with Crippen molar-refractivity contribution in [1.82, 2.24) is 0 Å². The van der Waals surface area contributed by atoms with E-state index in [0.717, 1.165) is 4.88 Å². The molecule has 0 saturated heterocycles. The van der Waals surface area contributed by atoms with Gasteiger partial charge in [-0.25, -0.2) is 4.79 Å². The summed E-state index contributed by atoms with van der Waals surface area (Å²) in [5, 5.41) is 10.1. The van der Waals surface area contributed by atoms with Crippen LogP contribution in [0, 0.1) is 0 Å². The van der Waals surface area contributed by atoms with Crippen molar-refractivity contribution in [1.29, 1.82) is 0 Å². The number of rotatable bonds is 5. The van der Waals surface area contributed by atoms with E-state index in [1.54, 1.807) is 12.1 Å². The van der Waals surface area contributed by atoms with Gasteiger partial charge in [0.15, 0.2) is 0 Å². The molecule has 14 heavy (non-hydrogen) atoms. The number of carbonyl (C=O) groups excluding carboxylic acids is 2. The summed E-state index contributed by atoms with van der Waals surface area (Å²) >= 11 is 1.41. The molecule has 1 rings (SSSR count). The highest BCUT2D eigenvalue weighted by molar-refractivity contribution is 7.10. The van der Waals surface area contributed by atoms with Gasteiger partial charge in [0.25, 0.3) is 0 Å². The molecule has 1 aromatic heterocycles. The molecular weight excluding hydrogens is 204 g/mol. The summed E-state index contributed by atoms with van der Waals surface area (Å²) in [4.78, 5) is 32.8. The topological polar surface area (TPSA) is 71.4 Å². The lowest BCUT2D eigenvalue weighted by Crippen LogP contribution is -2.17. The van der Waals surface area contributed by atoms with Crippen LogP contribution in [0.5, 0.6) is 0 Å². The summed E-state index contributed by atoms with van der Waals surface area (Å²) in [5.41, 5.74) is 0. The van der Waals surface area contributed by atoms with Crippen molar-refractivity contribution in [2.45, 2.75) is 12.8 Å². The van der Waals surface area contributed by atoms with E-state index in [9.17, 15) is 14.4 Å². The molecule has 0 fully saturated rings. The number of ketones is 2. The van der Waals surface area contributed by atoms with Gasteiger partial charge < -0.3 is 5.11 Å². The summed E-state index contributed by atoms with van der Waals surface area (Å²) < 4.78 is 0. The Bertz CT molecular complexity index is 353. The van der Waals surface area contributed by atoms with E-state index in [2.05, 4.69) is 0 Å². The highest BCUT2D eigenvalue weighted by Gasteiger charge is 2.16. The third-order valence-corrected chi connectivity index (χ3v) is 2.42. The molecule has 0 unspecified atom stereocenters. The van der Waals surface area contributed by atoms with E-state index in [1.165, 1.54) is 11.3 Å². The van der Waals surface area contributed by atoms with Crippen molar-refractivity contribution < 1.29 is 19.5 Å². The van der Waals surface area contributed by atoms with Crippen LogP contribution in [0.3, 0.4) is 0 Å². The van der Waals surface area contributed by atoms with Gasteiger partial charge in [-0.3, -0.25) is 9.59 Å². The maximum absolute atomic E-state index is 11.1. The molecule has 1 N–H and O–H groups in total. The average molecular weight is 212 g/mol. The van der Waals surface area contributed by atoms with E-state index >= 15 is 0 Å². The highest BCUT2D eigenvalue weighted by Crippen LogP contribution is 2.10. The van der Waals surface area contributed by atoms with E-state index in [0.29, 0.717) is 0 Å². The molecule has 0 atom stereocenters. The van der Waals surface area contributed by atoms with Crippen LogP contribution in [0.25, 0.3) is 0 Å². The predicted octanol–water partition coefficient (Wildman–Crippen LogP) is 0.903. The zero-order chi connectivity index (χ0) is 10.6. The number of thiophene rings is 1. The average Bonchev–Trinajstić information content (AvgIpc) is 2.56. The van der Waals surface area contributed by atoms with Gasteiger partial charge in [-0.1, -0.05) is 6.07 Å². The maximum Gasteiger partial charge on any atom is 0.372 e. The zero-order valence-electron chi connectivity index (χ0n) is 7.23. The first-order valence-corrected chi connectivity index (χ1v) is 4.78. The maximum atomic E-state index is 11.1. The molecule has 0 saturated carbocycles. The second-order valence-corrected chi connectivity index (χ2v) is 3.73. The van der Waals surface area contributed by atoms with Crippen molar-refractivity contribution in [3.05, 3.63) is 22.4 Å². The van der Waals surface area contributed by atoms with Crippen LogP contribution >= 0.6 is 11.3 Å². The SMILES string of the molecule is O=C(CC(=O)C(=O)O)Cc1cccs1. The molecule has 0 aliphatic carbocycles. The fraction of sp³-hybridized carbons (Fsp3) is 0.222. The standard InChI is InChI=1S/C9H8O4S/c10-6(5-8(11)9(12)13)4-7-2-1-3-14-7/h1-3H,4-5H2,(H,12,13). The summed E-state index contributed by atoms with van der Waals surface area (Å²) in [7, 11) is 0. The van der Waals surface area contributed by atoms with Crippen LogP contribution in [0.2, 0.25) is 0 Å². The lowest BCUT2D eigenvalue weighted by molar-refractivity contribution is -0.150. The van der Waals surface area contributed by atoms with Gasteiger partial charge in [-0.15, -0.1) is 11.3 Å². The summed E-state index contributed by atoms with van der Waals surface area (Å²) in [6.07, 6.45) is -0.385. The van der Waals surface area contributed by atoms with Gasteiger partial charge in [-0.2, -0.15) is 0 Å². The van der Waals surface area contributed by atoms with E-state index in [1.807, 2.05) is 5.38 Å². The molecule has 0 aliphatic rings. The lowest BCUT2D eigenvalue weighted by atomic mass is 10.1. The molecule has 4 nitrogen and oxygen atoms in total. The quantitative estimate of drug-likeness (QED) is 0.581. The Hall–Kier alpha value is -1.49. The second kappa shape index (κ2) is 4.66. The number of Topliss-reactive ketones (excluding diaryl/α,β-unsaturated/α-hetero) is 2.